The maximum atomic E-state index is 5.78. The molecule has 1 atom stereocenters. The molecule has 0 saturated heterocycles. The first-order valence-corrected chi connectivity index (χ1v) is 6.97. The number of benzene rings is 1. The van der Waals surface area contributed by atoms with Gasteiger partial charge in [-0.25, -0.2) is 0 Å². The summed E-state index contributed by atoms with van der Waals surface area (Å²) in [5, 5.41) is 3.27. The largest absolute Gasteiger partial charge is 0.496 e. The second-order valence-corrected chi connectivity index (χ2v) is 5.37. The highest BCUT2D eigenvalue weighted by Crippen LogP contribution is 2.25. The van der Waals surface area contributed by atoms with Crippen molar-refractivity contribution in [2.75, 3.05) is 34.5 Å². The van der Waals surface area contributed by atoms with Crippen molar-refractivity contribution < 1.29 is 14.2 Å². The fourth-order valence-corrected chi connectivity index (χ4v) is 1.90. The second kappa shape index (κ2) is 8.25. The van der Waals surface area contributed by atoms with E-state index in [1.165, 1.54) is 0 Å². The molecule has 0 radical (unpaired) electrons. The summed E-state index contributed by atoms with van der Waals surface area (Å²) >= 11 is 0. The summed E-state index contributed by atoms with van der Waals surface area (Å²) in [7, 11) is 5.35. The second-order valence-electron chi connectivity index (χ2n) is 5.37. The van der Waals surface area contributed by atoms with E-state index in [4.69, 9.17) is 14.2 Å². The molecule has 1 unspecified atom stereocenters. The number of hydrogen-bond donors (Lipinski definition) is 1. The lowest BCUT2D eigenvalue weighted by atomic mass is 10.1. The summed E-state index contributed by atoms with van der Waals surface area (Å²) < 4.78 is 16.5. The van der Waals surface area contributed by atoms with Crippen LogP contribution in [0.2, 0.25) is 0 Å². The predicted molar refractivity (Wildman–Crippen MR) is 81.3 cm³/mol. The normalized spacial score (nSPS) is 13.2. The van der Waals surface area contributed by atoms with Crippen molar-refractivity contribution in [2.45, 2.75) is 31.9 Å². The molecule has 0 spiro atoms. The molecule has 0 aliphatic rings. The van der Waals surface area contributed by atoms with Crippen LogP contribution in [0.15, 0.2) is 24.3 Å². The maximum absolute atomic E-state index is 5.78. The van der Waals surface area contributed by atoms with Gasteiger partial charge in [-0.05, 0) is 33.4 Å². The summed E-state index contributed by atoms with van der Waals surface area (Å²) in [6.07, 6.45) is 0.867. The van der Waals surface area contributed by atoms with Gasteiger partial charge in [-0.2, -0.15) is 0 Å². The fourth-order valence-electron chi connectivity index (χ4n) is 1.90. The monoisotopic (exact) mass is 281 g/mol. The van der Waals surface area contributed by atoms with Gasteiger partial charge >= 0.3 is 0 Å². The van der Waals surface area contributed by atoms with Crippen molar-refractivity contribution in [1.29, 1.82) is 0 Å². The van der Waals surface area contributed by atoms with Gasteiger partial charge in [0.1, 0.15) is 5.75 Å². The van der Waals surface area contributed by atoms with Gasteiger partial charge in [0.05, 0.1) is 25.4 Å². The fraction of sp³-hybridized carbons (Fsp3) is 0.625. The van der Waals surface area contributed by atoms with Gasteiger partial charge < -0.3 is 19.5 Å². The van der Waals surface area contributed by atoms with E-state index in [9.17, 15) is 0 Å². The Hall–Kier alpha value is -1.10. The molecule has 1 aromatic carbocycles. The minimum absolute atomic E-state index is 0.122. The van der Waals surface area contributed by atoms with Crippen LogP contribution >= 0.6 is 0 Å². The SMILES string of the molecule is CNC(COCCC(C)(C)OC)c1ccccc1OC. The first-order chi connectivity index (χ1) is 9.54. The number of methoxy groups -OCH3 is 2. The molecule has 0 aromatic heterocycles. The van der Waals surface area contributed by atoms with E-state index in [0.717, 1.165) is 17.7 Å². The molecule has 0 saturated carbocycles. The molecule has 1 N–H and O–H groups in total. The summed E-state index contributed by atoms with van der Waals surface area (Å²) in [6.45, 7) is 5.41. The van der Waals surface area contributed by atoms with Gasteiger partial charge in [0, 0.05) is 19.3 Å². The topological polar surface area (TPSA) is 39.7 Å². The Morgan fingerprint density at radius 2 is 1.90 bits per heavy atom. The lowest BCUT2D eigenvalue weighted by molar-refractivity contribution is -0.0122. The van der Waals surface area contributed by atoms with Crippen LogP contribution in [0, 0.1) is 0 Å². The van der Waals surface area contributed by atoms with Crippen molar-refractivity contribution in [1.82, 2.24) is 5.32 Å². The molecule has 0 heterocycles. The average molecular weight is 281 g/mol. The van der Waals surface area contributed by atoms with Crippen molar-refractivity contribution in [3.63, 3.8) is 0 Å². The Balaban J connectivity index is 2.51. The first kappa shape index (κ1) is 17.0. The molecule has 0 fully saturated rings. The average Bonchev–Trinajstić information content (AvgIpc) is 2.47. The number of nitrogens with one attached hydrogen (secondary N) is 1. The third kappa shape index (κ3) is 5.12. The number of ether oxygens (including phenoxy) is 3. The zero-order chi connectivity index (χ0) is 15.0. The molecule has 0 aliphatic heterocycles. The molecular weight excluding hydrogens is 254 g/mol. The third-order valence-electron chi connectivity index (χ3n) is 3.55. The van der Waals surface area contributed by atoms with Gasteiger partial charge in [0.25, 0.3) is 0 Å². The Morgan fingerprint density at radius 1 is 1.20 bits per heavy atom. The van der Waals surface area contributed by atoms with Crippen LogP contribution in [-0.4, -0.2) is 40.1 Å². The van der Waals surface area contributed by atoms with Crippen molar-refractivity contribution in [3.05, 3.63) is 29.8 Å². The zero-order valence-corrected chi connectivity index (χ0v) is 13.2. The van der Waals surface area contributed by atoms with E-state index in [1.807, 2.05) is 25.2 Å². The molecule has 114 valence electrons. The Kier molecular flexibility index (Phi) is 6.99. The summed E-state index contributed by atoms with van der Waals surface area (Å²) in [5.41, 5.74) is 0.975. The smallest absolute Gasteiger partial charge is 0.123 e. The van der Waals surface area contributed by atoms with E-state index in [0.29, 0.717) is 13.2 Å². The minimum Gasteiger partial charge on any atom is -0.496 e. The zero-order valence-electron chi connectivity index (χ0n) is 13.2. The number of rotatable bonds is 9. The van der Waals surface area contributed by atoms with Crippen LogP contribution < -0.4 is 10.1 Å². The van der Waals surface area contributed by atoms with E-state index in [2.05, 4.69) is 25.2 Å². The van der Waals surface area contributed by atoms with E-state index >= 15 is 0 Å². The highest BCUT2D eigenvalue weighted by Gasteiger charge is 2.17. The maximum Gasteiger partial charge on any atom is 0.123 e. The standard InChI is InChI=1S/C16H27NO3/c1-16(2,19-5)10-11-20-12-14(17-3)13-8-6-7-9-15(13)18-4/h6-9,14,17H,10-12H2,1-5H3. The molecule has 0 bridgehead atoms. The molecule has 20 heavy (non-hydrogen) atoms. The third-order valence-corrected chi connectivity index (χ3v) is 3.55. The van der Waals surface area contributed by atoms with E-state index in [-0.39, 0.29) is 11.6 Å². The van der Waals surface area contributed by atoms with Gasteiger partial charge in [0.2, 0.25) is 0 Å². The number of hydrogen-bond acceptors (Lipinski definition) is 4. The summed E-state index contributed by atoms with van der Waals surface area (Å²) in [5.74, 6) is 0.882. The lowest BCUT2D eigenvalue weighted by Gasteiger charge is -2.24. The number of likely N-dealkylation sites (N-methyl/N-ethyl adjacent to an activating group) is 1. The molecule has 0 aliphatic carbocycles. The van der Waals surface area contributed by atoms with E-state index in [1.54, 1.807) is 14.2 Å². The molecule has 1 aromatic rings. The van der Waals surface area contributed by atoms with Crippen LogP contribution in [0.1, 0.15) is 31.9 Å². The van der Waals surface area contributed by atoms with Crippen molar-refractivity contribution >= 4 is 0 Å². The lowest BCUT2D eigenvalue weighted by Crippen LogP contribution is -2.27. The number of para-hydroxylation sites is 1. The van der Waals surface area contributed by atoms with Gasteiger partial charge in [-0.1, -0.05) is 18.2 Å². The quantitative estimate of drug-likeness (QED) is 0.707. The highest BCUT2D eigenvalue weighted by molar-refractivity contribution is 5.35. The predicted octanol–water partition coefficient (Wildman–Crippen LogP) is 2.79. The van der Waals surface area contributed by atoms with Gasteiger partial charge in [-0.15, -0.1) is 0 Å². The van der Waals surface area contributed by atoms with E-state index < -0.39 is 0 Å². The van der Waals surface area contributed by atoms with Crippen LogP contribution in [0.3, 0.4) is 0 Å². The van der Waals surface area contributed by atoms with Gasteiger partial charge in [0.15, 0.2) is 0 Å². The molecule has 4 heteroatoms. The molecule has 0 amide bonds. The highest BCUT2D eigenvalue weighted by atomic mass is 16.5. The summed E-state index contributed by atoms with van der Waals surface area (Å²) in [6, 6.07) is 8.13. The van der Waals surface area contributed by atoms with Crippen LogP contribution in [0.4, 0.5) is 0 Å². The van der Waals surface area contributed by atoms with Crippen molar-refractivity contribution in [2.24, 2.45) is 0 Å². The first-order valence-electron chi connectivity index (χ1n) is 6.97. The van der Waals surface area contributed by atoms with Crippen LogP contribution in [0.5, 0.6) is 5.75 Å². The Labute approximate surface area is 122 Å². The minimum atomic E-state index is -0.139. The van der Waals surface area contributed by atoms with Crippen LogP contribution in [0.25, 0.3) is 0 Å². The Bertz CT molecular complexity index is 393. The van der Waals surface area contributed by atoms with Crippen LogP contribution in [-0.2, 0) is 9.47 Å². The molecule has 4 nitrogen and oxygen atoms in total. The Morgan fingerprint density at radius 3 is 2.50 bits per heavy atom. The summed E-state index contributed by atoms with van der Waals surface area (Å²) in [4.78, 5) is 0. The molecule has 1 rings (SSSR count). The van der Waals surface area contributed by atoms with Gasteiger partial charge in [-0.3, -0.25) is 0 Å². The molecular formula is C16H27NO3. The van der Waals surface area contributed by atoms with Crippen molar-refractivity contribution in [3.8, 4) is 5.75 Å².